The van der Waals surface area contributed by atoms with Crippen LogP contribution in [0.15, 0.2) is 53.9 Å². The van der Waals surface area contributed by atoms with Crippen LogP contribution in [0.5, 0.6) is 5.75 Å². The van der Waals surface area contributed by atoms with E-state index in [-0.39, 0.29) is 29.2 Å². The lowest BCUT2D eigenvalue weighted by atomic mass is 10.0. The Morgan fingerprint density at radius 3 is 2.76 bits per heavy atom. The number of anilines is 2. The van der Waals surface area contributed by atoms with Crippen molar-refractivity contribution in [3.05, 3.63) is 70.9 Å². The maximum Gasteiger partial charge on any atom is 0.251 e. The summed E-state index contributed by atoms with van der Waals surface area (Å²) in [5, 5.41) is 19.2. The van der Waals surface area contributed by atoms with E-state index in [9.17, 15) is 14.3 Å². The summed E-state index contributed by atoms with van der Waals surface area (Å²) >= 11 is 6.32. The van der Waals surface area contributed by atoms with Crippen molar-refractivity contribution in [3.63, 3.8) is 0 Å². The number of rotatable bonds is 15. The third-order valence-corrected chi connectivity index (χ3v) is 7.49. The number of carbonyl (C=O) groups is 1. The zero-order valence-electron chi connectivity index (χ0n) is 25.1. The number of nitrogens with one attached hydrogen (secondary N) is 3. The molecule has 0 aliphatic heterocycles. The number of guanidine groups is 1. The number of aryl methyl sites for hydroxylation is 1. The lowest BCUT2D eigenvalue weighted by Gasteiger charge is -2.20. The number of hydrogen-bond donors (Lipinski definition) is 7. The fraction of sp³-hybridized carbons (Fsp3) is 0.333. The minimum absolute atomic E-state index is 0.0182. The largest absolute Gasteiger partial charge is 0.494 e. The van der Waals surface area contributed by atoms with Gasteiger partial charge in [-0.2, -0.15) is 0 Å². The molecule has 1 amide bonds. The van der Waals surface area contributed by atoms with Crippen molar-refractivity contribution in [2.24, 2.45) is 22.2 Å². The van der Waals surface area contributed by atoms with Crippen molar-refractivity contribution in [2.75, 3.05) is 32.1 Å². The molecule has 0 saturated heterocycles. The molecule has 0 saturated carbocycles. The number of aliphatic hydroxyl groups excluding tert-OH is 1. The summed E-state index contributed by atoms with van der Waals surface area (Å²) in [6, 6.07) is 8.08. The van der Waals surface area contributed by atoms with Crippen LogP contribution in [-0.2, 0) is 6.42 Å². The predicted molar refractivity (Wildman–Crippen MR) is 173 cm³/mol. The van der Waals surface area contributed by atoms with Crippen molar-refractivity contribution in [2.45, 2.75) is 38.5 Å². The highest BCUT2D eigenvalue weighted by molar-refractivity contribution is 6.33. The van der Waals surface area contributed by atoms with Crippen LogP contribution in [0.3, 0.4) is 0 Å². The summed E-state index contributed by atoms with van der Waals surface area (Å²) in [6.45, 7) is 3.01. The van der Waals surface area contributed by atoms with Gasteiger partial charge in [0.2, 0.25) is 0 Å². The monoisotopic (exact) mass is 640 g/mol. The number of aliphatic imine (C=N–C) groups is 1. The first-order valence-corrected chi connectivity index (χ1v) is 14.8. The van der Waals surface area contributed by atoms with Crippen LogP contribution >= 0.6 is 11.6 Å². The fourth-order valence-corrected chi connectivity index (χ4v) is 5.00. The molecule has 2 atom stereocenters. The van der Waals surface area contributed by atoms with Gasteiger partial charge in [0.1, 0.15) is 6.23 Å². The number of methoxy groups -OCH3 is 1. The molecule has 0 spiro atoms. The highest BCUT2D eigenvalue weighted by atomic mass is 35.5. The van der Waals surface area contributed by atoms with Crippen LogP contribution < -0.4 is 37.9 Å². The Kier molecular flexibility index (Phi) is 11.5. The van der Waals surface area contributed by atoms with E-state index in [0.717, 1.165) is 5.56 Å². The number of carbonyl (C=O) groups excluding carboxylic acids is 1. The molecule has 10 N–H and O–H groups in total. The van der Waals surface area contributed by atoms with E-state index < -0.39 is 18.1 Å². The van der Waals surface area contributed by atoms with Crippen molar-refractivity contribution >= 4 is 40.6 Å². The van der Waals surface area contributed by atoms with Crippen LogP contribution in [0.25, 0.3) is 16.9 Å². The lowest BCUT2D eigenvalue weighted by Crippen LogP contribution is -2.47. The first-order valence-electron chi connectivity index (χ1n) is 14.4. The van der Waals surface area contributed by atoms with Gasteiger partial charge in [-0.3, -0.25) is 19.5 Å². The molecule has 45 heavy (non-hydrogen) atoms. The van der Waals surface area contributed by atoms with Gasteiger partial charge in [0.05, 0.1) is 24.0 Å². The van der Waals surface area contributed by atoms with Crippen LogP contribution in [0.2, 0.25) is 5.02 Å². The Hall–Kier alpha value is -4.50. The molecule has 2 aromatic heterocycles. The van der Waals surface area contributed by atoms with Gasteiger partial charge in [0.25, 0.3) is 5.91 Å². The summed E-state index contributed by atoms with van der Waals surface area (Å²) < 4.78 is 21.4. The number of fused-ring (bicyclic) bond motifs is 1. The normalized spacial score (nSPS) is 12.5. The van der Waals surface area contributed by atoms with Gasteiger partial charge in [-0.1, -0.05) is 18.5 Å². The number of nitrogens with two attached hydrogens (primary N) is 3. The number of aromatic nitrogens is 3. The quantitative estimate of drug-likeness (QED) is 0.0438. The Morgan fingerprint density at radius 2 is 2.02 bits per heavy atom. The molecule has 0 radical (unpaired) electrons. The molecule has 0 aliphatic carbocycles. The molecule has 0 bridgehead atoms. The number of imidazole rings is 1. The minimum Gasteiger partial charge on any atom is -0.494 e. The zero-order chi connectivity index (χ0) is 32.5. The minimum atomic E-state index is -0.934. The van der Waals surface area contributed by atoms with Gasteiger partial charge < -0.3 is 37.7 Å². The zero-order valence-corrected chi connectivity index (χ0v) is 25.8. The first-order chi connectivity index (χ1) is 21.6. The van der Waals surface area contributed by atoms with Crippen LogP contribution in [0, 0.1) is 5.82 Å². The molecule has 13 nitrogen and oxygen atoms in total. The van der Waals surface area contributed by atoms with Crippen molar-refractivity contribution < 1.29 is 19.0 Å². The number of aliphatic hydroxyl groups is 1. The predicted octanol–water partition coefficient (Wildman–Crippen LogP) is 2.52. The molecule has 2 aromatic carbocycles. The number of benzene rings is 2. The summed E-state index contributed by atoms with van der Waals surface area (Å²) in [6.07, 6.45) is 5.74. The SMILES string of the molecule is CCc1cc(Nc2nccn3c(-c4ccc(OC)c(F)c4Cl)cnc23)ccc1C(=O)NCCNC(O)C(N)CCCN=C(N)N. The van der Waals surface area contributed by atoms with E-state index in [0.29, 0.717) is 66.3 Å². The Labute approximate surface area is 265 Å². The Balaban J connectivity index is 1.38. The third-order valence-electron chi connectivity index (χ3n) is 7.12. The summed E-state index contributed by atoms with van der Waals surface area (Å²) in [5.41, 5.74) is 20.2. The molecule has 0 fully saturated rings. The second-order valence-electron chi connectivity index (χ2n) is 10.2. The highest BCUT2D eigenvalue weighted by Gasteiger charge is 2.19. The summed E-state index contributed by atoms with van der Waals surface area (Å²) in [4.78, 5) is 25.8. The number of nitrogens with zero attached hydrogens (tertiary/aromatic N) is 4. The molecule has 2 unspecified atom stereocenters. The Bertz CT molecular complexity index is 1660. The molecule has 4 rings (SSSR count). The molecule has 2 heterocycles. The van der Waals surface area contributed by atoms with Crippen molar-refractivity contribution in [3.8, 4) is 17.0 Å². The molecule has 15 heteroatoms. The molecule has 0 aliphatic rings. The topological polar surface area (TPSA) is 203 Å². The van der Waals surface area contributed by atoms with E-state index in [1.807, 2.05) is 13.0 Å². The molecular weight excluding hydrogens is 603 g/mol. The van der Waals surface area contributed by atoms with Gasteiger partial charge >= 0.3 is 0 Å². The molecular formula is C30H38ClFN10O3. The van der Waals surface area contributed by atoms with Crippen LogP contribution in [0.1, 0.15) is 35.7 Å². The van der Waals surface area contributed by atoms with Crippen molar-refractivity contribution in [1.82, 2.24) is 25.0 Å². The van der Waals surface area contributed by atoms with Crippen molar-refractivity contribution in [1.29, 1.82) is 0 Å². The van der Waals surface area contributed by atoms with E-state index >= 15 is 0 Å². The van der Waals surface area contributed by atoms with E-state index in [4.69, 9.17) is 33.5 Å². The third kappa shape index (κ3) is 8.16. The second kappa shape index (κ2) is 15.5. The fourth-order valence-electron chi connectivity index (χ4n) is 4.75. The van der Waals surface area contributed by atoms with Gasteiger partial charge in [0.15, 0.2) is 29.0 Å². The summed E-state index contributed by atoms with van der Waals surface area (Å²) in [5.74, 6) is -0.357. The number of hydrogen-bond acceptors (Lipinski definition) is 9. The average Bonchev–Trinajstić information content (AvgIpc) is 3.47. The number of ether oxygens (including phenoxy) is 1. The molecule has 4 aromatic rings. The van der Waals surface area contributed by atoms with Gasteiger partial charge in [0, 0.05) is 54.9 Å². The highest BCUT2D eigenvalue weighted by Crippen LogP contribution is 2.35. The smallest absolute Gasteiger partial charge is 0.251 e. The second-order valence-corrected chi connectivity index (χ2v) is 10.6. The van der Waals surface area contributed by atoms with E-state index in [1.54, 1.807) is 41.2 Å². The average molecular weight is 641 g/mol. The maximum absolute atomic E-state index is 14.6. The standard InChI is InChI=1S/C30H38ClFN10O3/c1-3-17-15-18(6-7-19(17)28(43)37-11-12-38-29(44)21(33)5-4-10-39-30(34)35)41-26-27-40-16-22(42(27)14-13-36-26)20-8-9-23(45-2)25(32)24(20)31/h6-9,13-16,21,29,38,44H,3-5,10-12,33H2,1-2H3,(H,36,41)(H,37,43)(H4,34,35,39). The summed E-state index contributed by atoms with van der Waals surface area (Å²) in [7, 11) is 1.38. The number of halogens is 2. The first kappa shape index (κ1) is 33.4. The molecule has 240 valence electrons. The van der Waals surface area contributed by atoms with Crippen LogP contribution in [-0.4, -0.2) is 70.4 Å². The maximum atomic E-state index is 14.6. The van der Waals surface area contributed by atoms with Crippen LogP contribution in [0.4, 0.5) is 15.9 Å². The lowest BCUT2D eigenvalue weighted by molar-refractivity contribution is 0.0928. The van der Waals surface area contributed by atoms with E-state index in [1.165, 1.54) is 13.2 Å². The van der Waals surface area contributed by atoms with Gasteiger partial charge in [-0.05, 0) is 55.2 Å². The number of amides is 1. The van der Waals surface area contributed by atoms with Gasteiger partial charge in [-0.15, -0.1) is 0 Å². The van der Waals surface area contributed by atoms with Gasteiger partial charge in [-0.25, -0.2) is 14.4 Å². The van der Waals surface area contributed by atoms with E-state index in [2.05, 4.69) is 30.9 Å². The Morgan fingerprint density at radius 1 is 1.22 bits per heavy atom.